The highest BCUT2D eigenvalue weighted by Gasteiger charge is 2.34. The molecule has 0 N–H and O–H groups in total. The molecule has 0 spiro atoms. The van der Waals surface area contributed by atoms with Crippen LogP contribution in [0.5, 0.6) is 11.6 Å². The third kappa shape index (κ3) is 3.09. The first-order valence-corrected chi connectivity index (χ1v) is 7.16. The maximum absolute atomic E-state index is 12.4. The number of aromatic nitrogens is 1. The Kier molecular flexibility index (Phi) is 4.11. The van der Waals surface area contributed by atoms with Crippen molar-refractivity contribution in [1.82, 2.24) is 9.88 Å². The molecule has 23 heavy (non-hydrogen) atoms. The number of hydrogen-bond donors (Lipinski definition) is 0. The second kappa shape index (κ2) is 6.36. The van der Waals surface area contributed by atoms with Crippen LogP contribution in [0.2, 0.25) is 0 Å². The van der Waals surface area contributed by atoms with Crippen molar-refractivity contribution in [2.24, 2.45) is 0 Å². The molecule has 1 aromatic heterocycles. The molecule has 1 aromatic carbocycles. The second-order valence-electron chi connectivity index (χ2n) is 5.14. The maximum atomic E-state index is 12.4. The summed E-state index contributed by atoms with van der Waals surface area (Å²) in [6, 6.07) is 12.4. The fraction of sp³-hybridized carbons (Fsp3) is 0.235. The summed E-state index contributed by atoms with van der Waals surface area (Å²) in [6.07, 6.45) is 1.42. The van der Waals surface area contributed by atoms with Gasteiger partial charge in [-0.25, -0.2) is 4.98 Å². The monoisotopic (exact) mass is 309 g/mol. The zero-order chi connectivity index (χ0) is 16.2. The third-order valence-corrected chi connectivity index (χ3v) is 3.62. The van der Waals surface area contributed by atoms with E-state index in [1.165, 1.54) is 6.20 Å². The van der Waals surface area contributed by atoms with Crippen LogP contribution in [-0.2, 0) is 0 Å². The molecule has 2 heterocycles. The van der Waals surface area contributed by atoms with E-state index in [4.69, 9.17) is 14.7 Å². The van der Waals surface area contributed by atoms with Gasteiger partial charge in [-0.05, 0) is 18.2 Å². The molecule has 1 aliphatic heterocycles. The minimum atomic E-state index is -0.116. The number of hydrogen-bond acceptors (Lipinski definition) is 5. The van der Waals surface area contributed by atoms with Crippen molar-refractivity contribution in [3.8, 4) is 17.7 Å². The lowest BCUT2D eigenvalue weighted by Crippen LogP contribution is -2.56. The predicted molar refractivity (Wildman–Crippen MR) is 82.3 cm³/mol. The minimum absolute atomic E-state index is 0.0824. The lowest BCUT2D eigenvalue weighted by atomic mass is 10.1. The number of ether oxygens (including phenoxy) is 2. The first kappa shape index (κ1) is 14.9. The smallest absolute Gasteiger partial charge is 0.257 e. The molecule has 3 rings (SSSR count). The molecule has 1 aliphatic rings. The van der Waals surface area contributed by atoms with Crippen molar-refractivity contribution >= 4 is 5.91 Å². The summed E-state index contributed by atoms with van der Waals surface area (Å²) in [5.41, 5.74) is 1.04. The van der Waals surface area contributed by atoms with Gasteiger partial charge in [-0.1, -0.05) is 12.1 Å². The van der Waals surface area contributed by atoms with Gasteiger partial charge in [0.15, 0.2) is 0 Å². The first-order chi connectivity index (χ1) is 11.2. The minimum Gasteiger partial charge on any atom is -0.496 e. The van der Waals surface area contributed by atoms with Crippen LogP contribution in [0.4, 0.5) is 0 Å². The van der Waals surface area contributed by atoms with E-state index in [2.05, 4.69) is 4.98 Å². The molecule has 6 heteroatoms. The second-order valence-corrected chi connectivity index (χ2v) is 5.14. The molecule has 0 radical (unpaired) electrons. The maximum Gasteiger partial charge on any atom is 0.257 e. The highest BCUT2D eigenvalue weighted by atomic mass is 16.5. The molecule has 6 nitrogen and oxygen atoms in total. The summed E-state index contributed by atoms with van der Waals surface area (Å²) in [7, 11) is 1.54. The number of methoxy groups -OCH3 is 1. The molecule has 0 aliphatic carbocycles. The van der Waals surface area contributed by atoms with Gasteiger partial charge in [0.1, 0.15) is 11.9 Å². The number of amides is 1. The van der Waals surface area contributed by atoms with Crippen LogP contribution < -0.4 is 9.47 Å². The number of carbonyl (C=O) groups excluding carboxylic acids is 1. The first-order valence-electron chi connectivity index (χ1n) is 7.16. The number of nitriles is 1. The summed E-state index contributed by atoms with van der Waals surface area (Å²) in [6.45, 7) is 0.963. The van der Waals surface area contributed by atoms with Crippen LogP contribution >= 0.6 is 0 Å². The predicted octanol–water partition coefficient (Wildman–Crippen LogP) is 1.87. The molecule has 0 bridgehead atoms. The standard InChI is InChI=1S/C17H15N3O3/c1-22-15-5-3-2-4-14(15)17(21)20-10-13(11-20)23-16-8-12(9-18)6-7-19-16/h2-8,13H,10-11H2,1H3. The Morgan fingerprint density at radius 3 is 2.87 bits per heavy atom. The van der Waals surface area contributed by atoms with Gasteiger partial charge >= 0.3 is 0 Å². The zero-order valence-corrected chi connectivity index (χ0v) is 12.6. The summed E-state index contributed by atoms with van der Waals surface area (Å²) in [5.74, 6) is 0.879. The quantitative estimate of drug-likeness (QED) is 0.861. The summed E-state index contributed by atoms with van der Waals surface area (Å²) in [5, 5.41) is 8.86. The number of carbonyl (C=O) groups is 1. The Morgan fingerprint density at radius 1 is 1.35 bits per heavy atom. The van der Waals surface area contributed by atoms with Crippen molar-refractivity contribution in [1.29, 1.82) is 5.26 Å². The van der Waals surface area contributed by atoms with E-state index in [-0.39, 0.29) is 12.0 Å². The van der Waals surface area contributed by atoms with E-state index in [0.717, 1.165) is 0 Å². The molecule has 2 aromatic rings. The van der Waals surface area contributed by atoms with Crippen LogP contribution in [0.15, 0.2) is 42.6 Å². The van der Waals surface area contributed by atoms with Crippen LogP contribution in [-0.4, -0.2) is 42.1 Å². The number of benzene rings is 1. The van der Waals surface area contributed by atoms with Gasteiger partial charge in [-0.3, -0.25) is 4.79 Å². The Labute approximate surface area is 133 Å². The SMILES string of the molecule is COc1ccccc1C(=O)N1CC(Oc2cc(C#N)ccn2)C1. The lowest BCUT2D eigenvalue weighted by Gasteiger charge is -2.38. The van der Waals surface area contributed by atoms with Crippen LogP contribution in [0.1, 0.15) is 15.9 Å². The number of para-hydroxylation sites is 1. The Morgan fingerprint density at radius 2 is 2.13 bits per heavy atom. The average Bonchev–Trinajstić information content (AvgIpc) is 2.57. The van der Waals surface area contributed by atoms with E-state index in [9.17, 15) is 4.79 Å². The van der Waals surface area contributed by atoms with E-state index in [1.54, 1.807) is 42.3 Å². The molecule has 0 unspecified atom stereocenters. The van der Waals surface area contributed by atoms with E-state index in [1.807, 2.05) is 12.1 Å². The molecule has 1 fully saturated rings. The van der Waals surface area contributed by atoms with Gasteiger partial charge in [0.05, 0.1) is 37.4 Å². The van der Waals surface area contributed by atoms with Gasteiger partial charge < -0.3 is 14.4 Å². The molecule has 1 saturated heterocycles. The summed E-state index contributed by atoms with van der Waals surface area (Å²) < 4.78 is 10.9. The van der Waals surface area contributed by atoms with Gasteiger partial charge in [-0.2, -0.15) is 5.26 Å². The molecule has 1 amide bonds. The fourth-order valence-electron chi connectivity index (χ4n) is 2.38. The normalized spacial score (nSPS) is 13.8. The molecule has 116 valence electrons. The highest BCUT2D eigenvalue weighted by molar-refractivity contribution is 5.97. The average molecular weight is 309 g/mol. The largest absolute Gasteiger partial charge is 0.496 e. The van der Waals surface area contributed by atoms with Gasteiger partial charge in [0, 0.05) is 12.3 Å². The van der Waals surface area contributed by atoms with Crippen LogP contribution in [0, 0.1) is 11.3 Å². The molecule has 0 saturated carbocycles. The zero-order valence-electron chi connectivity index (χ0n) is 12.6. The highest BCUT2D eigenvalue weighted by Crippen LogP contribution is 2.23. The number of pyridine rings is 1. The molecule has 0 atom stereocenters. The van der Waals surface area contributed by atoms with Crippen molar-refractivity contribution in [3.05, 3.63) is 53.7 Å². The third-order valence-electron chi connectivity index (χ3n) is 3.62. The summed E-state index contributed by atoms with van der Waals surface area (Å²) in [4.78, 5) is 18.2. The molecular formula is C17H15N3O3. The number of nitrogens with zero attached hydrogens (tertiary/aromatic N) is 3. The molecular weight excluding hydrogens is 294 g/mol. The topological polar surface area (TPSA) is 75.4 Å². The van der Waals surface area contributed by atoms with Gasteiger partial charge in [0.2, 0.25) is 5.88 Å². The van der Waals surface area contributed by atoms with E-state index < -0.39 is 0 Å². The van der Waals surface area contributed by atoms with Crippen molar-refractivity contribution in [2.45, 2.75) is 6.10 Å². The van der Waals surface area contributed by atoms with Gasteiger partial charge in [0.25, 0.3) is 5.91 Å². The Hall–Kier alpha value is -3.07. The van der Waals surface area contributed by atoms with Crippen molar-refractivity contribution in [3.63, 3.8) is 0 Å². The Balaban J connectivity index is 1.60. The van der Waals surface area contributed by atoms with Crippen LogP contribution in [0.25, 0.3) is 0 Å². The van der Waals surface area contributed by atoms with Crippen LogP contribution in [0.3, 0.4) is 0 Å². The number of rotatable bonds is 4. The lowest BCUT2D eigenvalue weighted by molar-refractivity contribution is 0.0158. The number of likely N-dealkylation sites (tertiary alicyclic amines) is 1. The van der Waals surface area contributed by atoms with E-state index in [0.29, 0.717) is 35.8 Å². The summed E-state index contributed by atoms with van der Waals surface area (Å²) >= 11 is 0. The van der Waals surface area contributed by atoms with Crippen molar-refractivity contribution in [2.75, 3.05) is 20.2 Å². The van der Waals surface area contributed by atoms with E-state index >= 15 is 0 Å². The Bertz CT molecular complexity index is 764. The van der Waals surface area contributed by atoms with Gasteiger partial charge in [-0.15, -0.1) is 0 Å². The fourth-order valence-corrected chi connectivity index (χ4v) is 2.38. The van der Waals surface area contributed by atoms with Crippen molar-refractivity contribution < 1.29 is 14.3 Å².